The van der Waals surface area contributed by atoms with E-state index in [-0.39, 0.29) is 15.5 Å². The molecule has 154 valence electrons. The number of halogens is 1. The van der Waals surface area contributed by atoms with Crippen molar-refractivity contribution in [3.63, 3.8) is 0 Å². The van der Waals surface area contributed by atoms with Gasteiger partial charge < -0.3 is 5.32 Å². The summed E-state index contributed by atoms with van der Waals surface area (Å²) in [5.41, 5.74) is 3.66. The second-order valence-electron chi connectivity index (χ2n) is 7.11. The monoisotopic (exact) mass is 440 g/mol. The van der Waals surface area contributed by atoms with Crippen LogP contribution in [0.25, 0.3) is 0 Å². The largest absolute Gasteiger partial charge is 0.322 e. The first-order valence-electron chi connectivity index (χ1n) is 9.70. The minimum absolute atomic E-state index is 0.0742. The lowest BCUT2D eigenvalue weighted by molar-refractivity contribution is 0.102. The molecule has 30 heavy (non-hydrogen) atoms. The molecule has 0 unspecified atom stereocenters. The smallest absolute Gasteiger partial charge is 0.265 e. The van der Waals surface area contributed by atoms with Gasteiger partial charge in [0.1, 0.15) is 4.90 Å². The van der Waals surface area contributed by atoms with Crippen molar-refractivity contribution >= 4 is 38.9 Å². The summed E-state index contributed by atoms with van der Waals surface area (Å²) in [6, 6.07) is 19.2. The standard InChI is InChI=1S/C23H21ClN2O3S/c1-2-16-7-10-19(11-8-16)25-23(27)18-9-12-20(24)22(15-18)30(28,29)26-14-13-17-5-3-4-6-21(17)26/h3-12,15H,2,13-14H2,1H3,(H,25,27). The highest BCUT2D eigenvalue weighted by Crippen LogP contribution is 2.35. The van der Waals surface area contributed by atoms with Crippen molar-refractivity contribution in [3.8, 4) is 0 Å². The Morgan fingerprint density at radius 3 is 2.53 bits per heavy atom. The van der Waals surface area contributed by atoms with E-state index >= 15 is 0 Å². The van der Waals surface area contributed by atoms with Crippen molar-refractivity contribution in [1.29, 1.82) is 0 Å². The predicted molar refractivity (Wildman–Crippen MR) is 120 cm³/mol. The third kappa shape index (κ3) is 3.80. The van der Waals surface area contributed by atoms with E-state index < -0.39 is 15.9 Å². The maximum Gasteiger partial charge on any atom is 0.265 e. The molecule has 0 radical (unpaired) electrons. The quantitative estimate of drug-likeness (QED) is 0.613. The molecule has 1 aliphatic rings. The molecule has 3 aromatic carbocycles. The molecule has 0 atom stereocenters. The van der Waals surface area contributed by atoms with E-state index in [0.717, 1.165) is 12.0 Å². The first-order chi connectivity index (χ1) is 14.4. The van der Waals surface area contributed by atoms with E-state index in [9.17, 15) is 13.2 Å². The maximum atomic E-state index is 13.3. The van der Waals surface area contributed by atoms with E-state index in [4.69, 9.17) is 11.6 Å². The number of rotatable bonds is 5. The first-order valence-corrected chi connectivity index (χ1v) is 11.5. The number of fused-ring (bicyclic) bond motifs is 1. The van der Waals surface area contributed by atoms with E-state index in [1.165, 1.54) is 28.1 Å². The lowest BCUT2D eigenvalue weighted by Gasteiger charge is -2.20. The third-order valence-corrected chi connectivity index (χ3v) is 7.52. The number of nitrogens with zero attached hydrogens (tertiary/aromatic N) is 1. The van der Waals surface area contributed by atoms with Gasteiger partial charge in [0, 0.05) is 17.8 Å². The van der Waals surface area contributed by atoms with E-state index in [1.54, 1.807) is 6.07 Å². The van der Waals surface area contributed by atoms with Crippen molar-refractivity contribution < 1.29 is 13.2 Å². The number of amides is 1. The lowest BCUT2D eigenvalue weighted by atomic mass is 10.1. The molecule has 0 saturated carbocycles. The normalized spacial score (nSPS) is 13.2. The highest BCUT2D eigenvalue weighted by atomic mass is 35.5. The van der Waals surface area contributed by atoms with Crippen LogP contribution in [0.15, 0.2) is 71.6 Å². The molecule has 0 saturated heterocycles. The van der Waals surface area contributed by atoms with Gasteiger partial charge in [0.15, 0.2) is 0 Å². The molecule has 0 aromatic heterocycles. The van der Waals surface area contributed by atoms with Gasteiger partial charge in [0.2, 0.25) is 0 Å². The zero-order valence-electron chi connectivity index (χ0n) is 16.4. The van der Waals surface area contributed by atoms with Gasteiger partial charge in [-0.1, -0.05) is 48.9 Å². The fourth-order valence-corrected chi connectivity index (χ4v) is 5.55. The zero-order valence-corrected chi connectivity index (χ0v) is 18.0. The van der Waals surface area contributed by atoms with E-state index in [2.05, 4.69) is 12.2 Å². The second-order valence-corrected chi connectivity index (χ2v) is 9.34. The van der Waals surface area contributed by atoms with Gasteiger partial charge >= 0.3 is 0 Å². The number of hydrogen-bond acceptors (Lipinski definition) is 3. The zero-order chi connectivity index (χ0) is 21.3. The number of nitrogens with one attached hydrogen (secondary N) is 1. The van der Waals surface area contributed by atoms with Crippen LogP contribution in [-0.4, -0.2) is 20.9 Å². The number of carbonyl (C=O) groups is 1. The van der Waals surface area contributed by atoms with E-state index in [1.807, 2.05) is 42.5 Å². The number of aryl methyl sites for hydroxylation is 1. The molecule has 0 fully saturated rings. The number of para-hydroxylation sites is 1. The highest BCUT2D eigenvalue weighted by Gasteiger charge is 2.32. The summed E-state index contributed by atoms with van der Waals surface area (Å²) in [4.78, 5) is 12.6. The van der Waals surface area contributed by atoms with E-state index in [0.29, 0.717) is 24.3 Å². The molecule has 1 aliphatic heterocycles. The fourth-order valence-electron chi connectivity index (χ4n) is 3.55. The molecule has 1 N–H and O–H groups in total. The molecule has 0 spiro atoms. The Morgan fingerprint density at radius 2 is 1.80 bits per heavy atom. The van der Waals surface area contributed by atoms with Crippen LogP contribution in [0.5, 0.6) is 0 Å². The van der Waals surface area contributed by atoms with Gasteiger partial charge in [-0.2, -0.15) is 0 Å². The molecule has 0 aliphatic carbocycles. The van der Waals surface area contributed by atoms with Crippen molar-refractivity contribution in [2.24, 2.45) is 0 Å². The third-order valence-electron chi connectivity index (χ3n) is 5.23. The Hall–Kier alpha value is -2.83. The average Bonchev–Trinajstić information content (AvgIpc) is 3.19. The van der Waals surface area contributed by atoms with Gasteiger partial charge in [-0.15, -0.1) is 0 Å². The van der Waals surface area contributed by atoms with Crippen molar-refractivity contribution in [1.82, 2.24) is 0 Å². The summed E-state index contributed by atoms with van der Waals surface area (Å²) in [6.45, 7) is 2.40. The molecular weight excluding hydrogens is 420 g/mol. The van der Waals surface area contributed by atoms with Gasteiger partial charge in [0.25, 0.3) is 15.9 Å². The van der Waals surface area contributed by atoms with Gasteiger partial charge in [-0.05, 0) is 60.4 Å². The molecule has 3 aromatic rings. The van der Waals surface area contributed by atoms with Crippen LogP contribution in [0.2, 0.25) is 5.02 Å². The summed E-state index contributed by atoms with van der Waals surface area (Å²) in [7, 11) is -3.90. The predicted octanol–water partition coefficient (Wildman–Crippen LogP) is 4.91. The lowest BCUT2D eigenvalue weighted by Crippen LogP contribution is -2.29. The van der Waals surface area contributed by atoms with Crippen LogP contribution < -0.4 is 9.62 Å². The Labute approximate surface area is 181 Å². The van der Waals surface area contributed by atoms with Gasteiger partial charge in [0.05, 0.1) is 10.7 Å². The summed E-state index contributed by atoms with van der Waals surface area (Å²) in [6.07, 6.45) is 1.55. The van der Waals surface area contributed by atoms with Crippen LogP contribution in [0, 0.1) is 0 Å². The van der Waals surface area contributed by atoms with Crippen LogP contribution in [0.3, 0.4) is 0 Å². The van der Waals surface area contributed by atoms with Gasteiger partial charge in [-0.3, -0.25) is 9.10 Å². The number of sulfonamides is 1. The van der Waals surface area contributed by atoms with Gasteiger partial charge in [-0.25, -0.2) is 8.42 Å². The van der Waals surface area contributed by atoms with Crippen LogP contribution >= 0.6 is 11.6 Å². The summed E-state index contributed by atoms with van der Waals surface area (Å²) in [5.74, 6) is -0.394. The first kappa shape index (κ1) is 20.4. The number of benzene rings is 3. The number of hydrogen-bond donors (Lipinski definition) is 1. The van der Waals surface area contributed by atoms with Crippen LogP contribution in [0.1, 0.15) is 28.4 Å². The van der Waals surface area contributed by atoms with Crippen molar-refractivity contribution in [2.45, 2.75) is 24.7 Å². The molecule has 7 heteroatoms. The van der Waals surface area contributed by atoms with Crippen LogP contribution in [-0.2, 0) is 22.9 Å². The molecule has 1 heterocycles. The highest BCUT2D eigenvalue weighted by molar-refractivity contribution is 7.93. The molecule has 5 nitrogen and oxygen atoms in total. The Kier molecular flexibility index (Phi) is 5.54. The minimum Gasteiger partial charge on any atom is -0.322 e. The second kappa shape index (κ2) is 8.13. The number of carbonyl (C=O) groups excluding carboxylic acids is 1. The SMILES string of the molecule is CCc1ccc(NC(=O)c2ccc(Cl)c(S(=O)(=O)N3CCc4ccccc43)c2)cc1. The Morgan fingerprint density at radius 1 is 1.07 bits per heavy atom. The maximum absolute atomic E-state index is 13.3. The molecular formula is C23H21ClN2O3S. The summed E-state index contributed by atoms with van der Waals surface area (Å²) >= 11 is 6.25. The minimum atomic E-state index is -3.90. The van der Waals surface area contributed by atoms with Crippen molar-refractivity contribution in [3.05, 3.63) is 88.4 Å². The average molecular weight is 441 g/mol. The van der Waals surface area contributed by atoms with Crippen molar-refractivity contribution in [2.75, 3.05) is 16.2 Å². The Balaban J connectivity index is 1.64. The Bertz CT molecular complexity index is 1210. The van der Waals surface area contributed by atoms with Crippen LogP contribution in [0.4, 0.5) is 11.4 Å². The molecule has 1 amide bonds. The number of anilines is 2. The molecule has 4 rings (SSSR count). The topological polar surface area (TPSA) is 66.5 Å². The fraction of sp³-hybridized carbons (Fsp3) is 0.174. The summed E-state index contributed by atoms with van der Waals surface area (Å²) in [5, 5.41) is 2.89. The molecule has 0 bridgehead atoms. The summed E-state index contributed by atoms with van der Waals surface area (Å²) < 4.78 is 28.0.